The van der Waals surface area contributed by atoms with Crippen LogP contribution in [-0.4, -0.2) is 11.0 Å². The molecular formula is H4O2Zn11. The van der Waals surface area contributed by atoms with Crippen molar-refractivity contribution in [3.05, 3.63) is 0 Å². The second-order valence-corrected chi connectivity index (χ2v) is 0. The van der Waals surface area contributed by atoms with Crippen LogP contribution in [0, 0.1) is 0 Å². The smallest absolute Gasteiger partial charge is 0 e. The average molecular weight is 755 g/mol. The quantitative estimate of drug-likeness (QED) is 0.266. The van der Waals surface area contributed by atoms with E-state index in [0.29, 0.717) is 0 Å². The van der Waals surface area contributed by atoms with Gasteiger partial charge in [0, 0.05) is 214 Å². The molecule has 0 aromatic carbocycles. The predicted molar refractivity (Wildman–Crippen MR) is 7.23 cm³/mol. The molecule has 0 aromatic rings. The van der Waals surface area contributed by atoms with Gasteiger partial charge < -0.3 is 11.0 Å². The molecule has 0 rings (SSSR count). The first-order valence-electron chi connectivity index (χ1n) is 0. The second-order valence-electron chi connectivity index (χ2n) is 0. The SMILES string of the molecule is O.O.[Zn].[Zn].[Zn].[Zn].[Zn].[Zn].[Zn].[Zn].[Zn].[Zn].[Zn]. The molecule has 13 heteroatoms. The fourth-order valence-corrected chi connectivity index (χ4v) is 0. The minimum absolute atomic E-state index is 0. The van der Waals surface area contributed by atoms with Crippen molar-refractivity contribution in [3.63, 3.8) is 0 Å². The molecule has 0 saturated carbocycles. The Balaban J connectivity index is 0. The summed E-state index contributed by atoms with van der Waals surface area (Å²) < 4.78 is 0. The van der Waals surface area contributed by atoms with Crippen LogP contribution in [0.4, 0.5) is 0 Å². The molecule has 0 aromatic heterocycles. The topological polar surface area (TPSA) is 63.0 Å². The van der Waals surface area contributed by atoms with Crippen LogP contribution in [0.2, 0.25) is 0 Å². The van der Waals surface area contributed by atoms with Crippen molar-refractivity contribution in [1.82, 2.24) is 0 Å². The van der Waals surface area contributed by atoms with E-state index in [1.807, 2.05) is 0 Å². The first kappa shape index (κ1) is 152. The second kappa shape index (κ2) is 129. The number of hydrogen-bond acceptors (Lipinski definition) is 0. The van der Waals surface area contributed by atoms with Gasteiger partial charge in [0.15, 0.2) is 0 Å². The van der Waals surface area contributed by atoms with E-state index in [2.05, 4.69) is 0 Å². The molecule has 0 fully saturated rings. The van der Waals surface area contributed by atoms with Crippen LogP contribution in [0.1, 0.15) is 0 Å². The van der Waals surface area contributed by atoms with Gasteiger partial charge in [0.1, 0.15) is 0 Å². The van der Waals surface area contributed by atoms with E-state index in [1.165, 1.54) is 0 Å². The van der Waals surface area contributed by atoms with Crippen molar-refractivity contribution in [1.29, 1.82) is 0 Å². The Morgan fingerprint density at radius 3 is 0.154 bits per heavy atom. The van der Waals surface area contributed by atoms with Crippen LogP contribution in [0.3, 0.4) is 0 Å². The first-order valence-corrected chi connectivity index (χ1v) is 0. The summed E-state index contributed by atoms with van der Waals surface area (Å²) in [6.07, 6.45) is 0. The minimum Gasteiger partial charge on any atom is -0.412 e. The fraction of sp³-hybridized carbons (Fsp3) is 0. The third kappa shape index (κ3) is 115. The van der Waals surface area contributed by atoms with Gasteiger partial charge in [-0.1, -0.05) is 0 Å². The Labute approximate surface area is 220 Å². The standard InChI is InChI=1S/2H2O.11Zn/h2*1H2;;;;;;;;;;;. The van der Waals surface area contributed by atoms with Gasteiger partial charge in [-0.15, -0.1) is 0 Å². The van der Waals surface area contributed by atoms with Crippen LogP contribution in [-0.2, 0) is 214 Å². The largest absolute Gasteiger partial charge is 0.412 e. The van der Waals surface area contributed by atoms with Gasteiger partial charge in [-0.3, -0.25) is 0 Å². The number of hydrogen-bond donors (Lipinski definition) is 0. The molecule has 38 valence electrons. The van der Waals surface area contributed by atoms with Crippen LogP contribution in [0.15, 0.2) is 0 Å². The van der Waals surface area contributed by atoms with Crippen molar-refractivity contribution in [2.75, 3.05) is 0 Å². The third-order valence-electron chi connectivity index (χ3n) is 0. The molecule has 0 bridgehead atoms. The molecular weight excluding hydrogens is 751 g/mol. The molecule has 13 heavy (non-hydrogen) atoms. The van der Waals surface area contributed by atoms with Crippen molar-refractivity contribution in [2.45, 2.75) is 0 Å². The maximum atomic E-state index is 0. The maximum absolute atomic E-state index is 0. The zero-order valence-corrected chi connectivity index (χ0v) is 41.4. The van der Waals surface area contributed by atoms with E-state index in [0.717, 1.165) is 0 Å². The molecule has 0 aliphatic heterocycles. The fourth-order valence-electron chi connectivity index (χ4n) is 0. The Morgan fingerprint density at radius 1 is 0.154 bits per heavy atom. The monoisotopic (exact) mass is 739 g/mol. The minimum atomic E-state index is 0. The zero-order chi connectivity index (χ0) is 0. The van der Waals surface area contributed by atoms with E-state index in [-0.39, 0.29) is 225 Å². The molecule has 0 atom stereocenters. The van der Waals surface area contributed by atoms with Crippen LogP contribution < -0.4 is 0 Å². The van der Waals surface area contributed by atoms with Gasteiger partial charge in [-0.2, -0.15) is 0 Å². The van der Waals surface area contributed by atoms with E-state index in [9.17, 15) is 0 Å². The van der Waals surface area contributed by atoms with Crippen LogP contribution in [0.25, 0.3) is 0 Å². The molecule has 0 spiro atoms. The van der Waals surface area contributed by atoms with E-state index in [1.54, 1.807) is 0 Å². The Morgan fingerprint density at radius 2 is 0.154 bits per heavy atom. The van der Waals surface area contributed by atoms with E-state index in [4.69, 9.17) is 0 Å². The summed E-state index contributed by atoms with van der Waals surface area (Å²) in [4.78, 5) is 0. The number of rotatable bonds is 0. The van der Waals surface area contributed by atoms with Crippen molar-refractivity contribution in [3.8, 4) is 0 Å². The molecule has 0 unspecified atom stereocenters. The first-order chi connectivity index (χ1) is 0. The summed E-state index contributed by atoms with van der Waals surface area (Å²) in [7, 11) is 0. The molecule has 0 aliphatic carbocycles. The van der Waals surface area contributed by atoms with Crippen LogP contribution >= 0.6 is 0 Å². The van der Waals surface area contributed by atoms with Gasteiger partial charge in [-0.05, 0) is 0 Å². The molecule has 0 aliphatic rings. The Kier molecular flexibility index (Phi) is 1510. The molecule has 0 saturated heterocycles. The molecule has 4 N–H and O–H groups in total. The molecule has 0 heterocycles. The van der Waals surface area contributed by atoms with Crippen molar-refractivity contribution >= 4 is 0 Å². The summed E-state index contributed by atoms with van der Waals surface area (Å²) in [6, 6.07) is 0. The van der Waals surface area contributed by atoms with E-state index < -0.39 is 0 Å². The summed E-state index contributed by atoms with van der Waals surface area (Å²) >= 11 is 0. The Hall–Kier alpha value is 6.78. The van der Waals surface area contributed by atoms with Gasteiger partial charge in [0.05, 0.1) is 0 Å². The normalized spacial score (nSPS) is 0. The predicted octanol–water partition coefficient (Wildman–Crippen LogP) is -1.68. The average Bonchev–Trinajstić information content (AvgIpc) is 0. The van der Waals surface area contributed by atoms with Crippen molar-refractivity contribution in [2.24, 2.45) is 0 Å². The summed E-state index contributed by atoms with van der Waals surface area (Å²) in [5.41, 5.74) is 0. The van der Waals surface area contributed by atoms with Gasteiger partial charge in [-0.25, -0.2) is 0 Å². The summed E-state index contributed by atoms with van der Waals surface area (Å²) in [6.45, 7) is 0. The molecule has 0 amide bonds. The third-order valence-corrected chi connectivity index (χ3v) is 0. The van der Waals surface area contributed by atoms with Gasteiger partial charge >= 0.3 is 0 Å². The Bertz CT molecular complexity index is 8.05. The van der Waals surface area contributed by atoms with Crippen molar-refractivity contribution < 1.29 is 225 Å². The molecule has 2 nitrogen and oxygen atoms in total. The van der Waals surface area contributed by atoms with E-state index >= 15 is 0 Å². The maximum Gasteiger partial charge on any atom is 0 e. The summed E-state index contributed by atoms with van der Waals surface area (Å²) in [5.74, 6) is 0. The summed E-state index contributed by atoms with van der Waals surface area (Å²) in [5, 5.41) is 0. The molecule has 0 radical (unpaired) electrons. The van der Waals surface area contributed by atoms with Crippen LogP contribution in [0.5, 0.6) is 0 Å². The van der Waals surface area contributed by atoms with Gasteiger partial charge in [0.25, 0.3) is 0 Å². The zero-order valence-electron chi connectivity index (χ0n) is 8.78. The van der Waals surface area contributed by atoms with Gasteiger partial charge in [0.2, 0.25) is 0 Å².